The third-order valence-corrected chi connectivity index (χ3v) is 2.99. The maximum Gasteiger partial charge on any atom is 0.410 e. The number of hydrogen-bond donors (Lipinski definition) is 1. The number of hydrogen-bond acceptors (Lipinski definition) is 3. The number of β-amino-alcohol motifs (C(OH)–C–C–N with tert-alkyl or cyclic N) is 1. The van der Waals surface area contributed by atoms with Gasteiger partial charge in [0.05, 0.1) is 6.10 Å². The molecule has 1 unspecified atom stereocenters. The van der Waals surface area contributed by atoms with Crippen LogP contribution in [0.2, 0.25) is 0 Å². The Morgan fingerprint density at radius 2 is 2.00 bits per heavy atom. The van der Waals surface area contributed by atoms with Crippen molar-refractivity contribution in [3.63, 3.8) is 0 Å². The topological polar surface area (TPSA) is 49.8 Å². The normalized spacial score (nSPS) is 28.4. The van der Waals surface area contributed by atoms with Crippen molar-refractivity contribution >= 4 is 6.09 Å². The molecule has 14 heavy (non-hydrogen) atoms. The lowest BCUT2D eigenvalue weighted by atomic mass is 10.3. The Labute approximate surface area is 83.8 Å². The van der Waals surface area contributed by atoms with E-state index in [-0.39, 0.29) is 18.3 Å². The van der Waals surface area contributed by atoms with E-state index in [0.717, 1.165) is 12.8 Å². The predicted octanol–water partition coefficient (Wildman–Crippen LogP) is 1.13. The predicted molar refractivity (Wildman–Crippen MR) is 50.9 cm³/mol. The average molecular weight is 199 g/mol. The number of amides is 1. The van der Waals surface area contributed by atoms with Crippen molar-refractivity contribution in [1.29, 1.82) is 0 Å². The third-order valence-electron chi connectivity index (χ3n) is 2.99. The van der Waals surface area contributed by atoms with Gasteiger partial charge in [0.15, 0.2) is 0 Å². The lowest BCUT2D eigenvalue weighted by Crippen LogP contribution is -2.32. The molecule has 80 valence electrons. The van der Waals surface area contributed by atoms with E-state index < -0.39 is 0 Å². The summed E-state index contributed by atoms with van der Waals surface area (Å²) in [6.07, 6.45) is 4.55. The monoisotopic (exact) mass is 199 g/mol. The van der Waals surface area contributed by atoms with Crippen LogP contribution in [0.25, 0.3) is 0 Å². The minimum Gasteiger partial charge on any atom is -0.446 e. The van der Waals surface area contributed by atoms with E-state index in [2.05, 4.69) is 0 Å². The van der Waals surface area contributed by atoms with Crippen LogP contribution in [-0.2, 0) is 4.74 Å². The van der Waals surface area contributed by atoms with Crippen LogP contribution in [0, 0.1) is 0 Å². The third kappa shape index (κ3) is 2.18. The molecular weight excluding hydrogens is 182 g/mol. The van der Waals surface area contributed by atoms with Crippen LogP contribution < -0.4 is 0 Å². The van der Waals surface area contributed by atoms with Crippen molar-refractivity contribution in [2.75, 3.05) is 13.1 Å². The van der Waals surface area contributed by atoms with Gasteiger partial charge in [0.25, 0.3) is 0 Å². The Balaban J connectivity index is 1.77. The molecule has 2 fully saturated rings. The summed E-state index contributed by atoms with van der Waals surface area (Å²) in [7, 11) is 0. The van der Waals surface area contributed by atoms with Gasteiger partial charge in [0, 0.05) is 13.1 Å². The van der Waals surface area contributed by atoms with Gasteiger partial charge in [-0.05, 0) is 32.1 Å². The molecule has 2 aliphatic rings. The maximum atomic E-state index is 11.5. The summed E-state index contributed by atoms with van der Waals surface area (Å²) in [4.78, 5) is 13.1. The van der Waals surface area contributed by atoms with Crippen LogP contribution >= 0.6 is 0 Å². The first kappa shape index (κ1) is 9.77. The summed E-state index contributed by atoms with van der Waals surface area (Å²) >= 11 is 0. The van der Waals surface area contributed by atoms with E-state index in [1.165, 1.54) is 12.8 Å². The van der Waals surface area contributed by atoms with Gasteiger partial charge < -0.3 is 14.7 Å². The fourth-order valence-electron chi connectivity index (χ4n) is 2.13. The number of ether oxygens (including phenoxy) is 1. The van der Waals surface area contributed by atoms with Gasteiger partial charge in [-0.2, -0.15) is 0 Å². The number of carbonyl (C=O) groups is 1. The number of carbonyl (C=O) groups excluding carboxylic acids is 1. The summed E-state index contributed by atoms with van der Waals surface area (Å²) in [5, 5.41) is 9.26. The molecule has 0 aromatic heterocycles. The first-order valence-corrected chi connectivity index (χ1v) is 5.39. The second-order valence-electron chi connectivity index (χ2n) is 4.18. The smallest absolute Gasteiger partial charge is 0.410 e. The molecule has 2 rings (SSSR count). The number of aliphatic hydroxyl groups excluding tert-OH is 1. The highest BCUT2D eigenvalue weighted by Crippen LogP contribution is 2.22. The van der Waals surface area contributed by atoms with Gasteiger partial charge >= 0.3 is 6.09 Å². The molecule has 0 aromatic carbocycles. The summed E-state index contributed by atoms with van der Waals surface area (Å²) in [5.41, 5.74) is 0. The van der Waals surface area contributed by atoms with Crippen LogP contribution in [0.4, 0.5) is 4.79 Å². The van der Waals surface area contributed by atoms with Crippen molar-refractivity contribution < 1.29 is 14.6 Å². The molecule has 0 bridgehead atoms. The molecule has 0 spiro atoms. The highest BCUT2D eigenvalue weighted by Gasteiger charge is 2.28. The van der Waals surface area contributed by atoms with Crippen molar-refractivity contribution in [3.8, 4) is 0 Å². The largest absolute Gasteiger partial charge is 0.446 e. The number of nitrogens with zero attached hydrogens (tertiary/aromatic N) is 1. The van der Waals surface area contributed by atoms with Crippen LogP contribution in [0.1, 0.15) is 32.1 Å². The van der Waals surface area contributed by atoms with Crippen molar-refractivity contribution in [3.05, 3.63) is 0 Å². The molecule has 1 amide bonds. The maximum absolute atomic E-state index is 11.5. The molecule has 0 aromatic rings. The number of rotatable bonds is 1. The lowest BCUT2D eigenvalue weighted by molar-refractivity contribution is 0.0672. The molecule has 1 aliphatic carbocycles. The Morgan fingerprint density at radius 3 is 2.57 bits per heavy atom. The molecule has 0 radical (unpaired) electrons. The van der Waals surface area contributed by atoms with Crippen LogP contribution in [0.5, 0.6) is 0 Å². The SMILES string of the molecule is O=C(OC1CCCC1)N1CCC(O)C1. The van der Waals surface area contributed by atoms with Crippen molar-refractivity contribution in [1.82, 2.24) is 4.90 Å². The standard InChI is InChI=1S/C10H17NO3/c12-8-5-6-11(7-8)10(13)14-9-3-1-2-4-9/h8-9,12H,1-7H2. The first-order valence-electron chi connectivity index (χ1n) is 5.39. The molecule has 4 heteroatoms. The van der Waals surface area contributed by atoms with Crippen LogP contribution in [0.15, 0.2) is 0 Å². The number of likely N-dealkylation sites (tertiary alicyclic amines) is 1. The van der Waals surface area contributed by atoms with E-state index in [9.17, 15) is 9.90 Å². The molecule has 4 nitrogen and oxygen atoms in total. The summed E-state index contributed by atoms with van der Waals surface area (Å²) < 4.78 is 5.32. The fraction of sp³-hybridized carbons (Fsp3) is 0.900. The van der Waals surface area contributed by atoms with Gasteiger partial charge in [0.2, 0.25) is 0 Å². The number of aliphatic hydroxyl groups is 1. The van der Waals surface area contributed by atoms with Crippen molar-refractivity contribution in [2.45, 2.75) is 44.3 Å². The minimum atomic E-state index is -0.355. The Kier molecular flexibility index (Phi) is 2.91. The summed E-state index contributed by atoms with van der Waals surface area (Å²) in [6.45, 7) is 1.07. The molecule has 1 saturated carbocycles. The van der Waals surface area contributed by atoms with Gasteiger partial charge in [0.1, 0.15) is 6.10 Å². The highest BCUT2D eigenvalue weighted by molar-refractivity contribution is 5.68. The fourth-order valence-corrected chi connectivity index (χ4v) is 2.13. The molecule has 1 N–H and O–H groups in total. The Hall–Kier alpha value is -0.770. The van der Waals surface area contributed by atoms with Crippen molar-refractivity contribution in [2.24, 2.45) is 0 Å². The lowest BCUT2D eigenvalue weighted by Gasteiger charge is -2.18. The molecule has 1 atom stereocenters. The van der Waals surface area contributed by atoms with Gasteiger partial charge in [-0.15, -0.1) is 0 Å². The van der Waals surface area contributed by atoms with Crippen LogP contribution in [-0.4, -0.2) is 41.4 Å². The molecule has 1 heterocycles. The Bertz CT molecular complexity index is 213. The van der Waals surface area contributed by atoms with E-state index in [1.54, 1.807) is 4.90 Å². The van der Waals surface area contributed by atoms with Gasteiger partial charge in [-0.25, -0.2) is 4.79 Å². The molecular formula is C10H17NO3. The first-order chi connectivity index (χ1) is 6.75. The van der Waals surface area contributed by atoms with E-state index in [4.69, 9.17) is 4.74 Å². The summed E-state index contributed by atoms with van der Waals surface area (Å²) in [6, 6.07) is 0. The van der Waals surface area contributed by atoms with Gasteiger partial charge in [-0.1, -0.05) is 0 Å². The van der Waals surface area contributed by atoms with Crippen LogP contribution in [0.3, 0.4) is 0 Å². The second kappa shape index (κ2) is 4.17. The minimum absolute atomic E-state index is 0.125. The zero-order valence-corrected chi connectivity index (χ0v) is 8.32. The van der Waals surface area contributed by atoms with E-state index in [0.29, 0.717) is 19.5 Å². The Morgan fingerprint density at radius 1 is 1.29 bits per heavy atom. The highest BCUT2D eigenvalue weighted by atomic mass is 16.6. The zero-order valence-electron chi connectivity index (χ0n) is 8.32. The van der Waals surface area contributed by atoms with E-state index >= 15 is 0 Å². The summed E-state index contributed by atoms with van der Waals surface area (Å²) in [5.74, 6) is 0. The molecule has 1 saturated heterocycles. The average Bonchev–Trinajstić information content (AvgIpc) is 2.75. The molecule has 1 aliphatic heterocycles. The quantitative estimate of drug-likeness (QED) is 0.688. The zero-order chi connectivity index (χ0) is 9.97. The van der Waals surface area contributed by atoms with E-state index in [1.807, 2.05) is 0 Å². The van der Waals surface area contributed by atoms with Gasteiger partial charge in [-0.3, -0.25) is 0 Å². The second-order valence-corrected chi connectivity index (χ2v) is 4.18.